The van der Waals surface area contributed by atoms with Crippen molar-refractivity contribution in [3.8, 4) is 11.5 Å². The summed E-state index contributed by atoms with van der Waals surface area (Å²) in [6, 6.07) is 0. The summed E-state index contributed by atoms with van der Waals surface area (Å²) >= 11 is 0. The first-order valence-electron chi connectivity index (χ1n) is 9.80. The highest BCUT2D eigenvalue weighted by atomic mass is 28.3. The van der Waals surface area contributed by atoms with Crippen molar-refractivity contribution in [1.82, 2.24) is 0 Å². The van der Waals surface area contributed by atoms with E-state index in [2.05, 4.69) is 58.0 Å². The molecule has 0 spiro atoms. The van der Waals surface area contributed by atoms with Crippen molar-refractivity contribution in [2.24, 2.45) is 22.2 Å². The predicted octanol–water partition coefficient (Wildman–Crippen LogP) is 5.77. The van der Waals surface area contributed by atoms with E-state index >= 15 is 0 Å². The molecule has 132 valence electrons. The van der Waals surface area contributed by atoms with Crippen LogP contribution in [0.2, 0.25) is 19.6 Å². The van der Waals surface area contributed by atoms with Gasteiger partial charge in [-0.25, -0.2) is 0 Å². The Morgan fingerprint density at radius 1 is 1.12 bits per heavy atom. The molecule has 24 heavy (non-hydrogen) atoms. The number of fused-ring (bicyclic) bond motifs is 3. The summed E-state index contributed by atoms with van der Waals surface area (Å²) in [7, 11) is -1.37. The van der Waals surface area contributed by atoms with Crippen LogP contribution in [0, 0.1) is 33.6 Å². The van der Waals surface area contributed by atoms with Crippen molar-refractivity contribution in [1.29, 1.82) is 0 Å². The number of ketones is 1. The number of Topliss-reactive ketones (excluding diaryl/α,β-unsaturated/α-hetero) is 1. The first-order chi connectivity index (χ1) is 11.0. The zero-order valence-corrected chi connectivity index (χ0v) is 17.5. The summed E-state index contributed by atoms with van der Waals surface area (Å²) in [5.41, 5.74) is 5.42. The SMILES string of the molecule is CC1(C)C(=O)CC[C@]2(C)C3=CCCC[C@]3(C#C[Si](C)(C)C)CC[C@@H]12. The third-order valence-electron chi connectivity index (χ3n) is 7.05. The fraction of sp³-hybridized carbons (Fsp3) is 0.773. The van der Waals surface area contributed by atoms with E-state index in [0.29, 0.717) is 11.7 Å². The summed E-state index contributed by atoms with van der Waals surface area (Å²) in [4.78, 5) is 12.6. The molecule has 0 bridgehead atoms. The minimum atomic E-state index is -1.37. The largest absolute Gasteiger partial charge is 0.299 e. The summed E-state index contributed by atoms with van der Waals surface area (Å²) < 4.78 is 0. The lowest BCUT2D eigenvalue weighted by molar-refractivity contribution is -0.141. The van der Waals surface area contributed by atoms with E-state index in [4.69, 9.17) is 0 Å². The first-order valence-corrected chi connectivity index (χ1v) is 13.3. The second kappa shape index (κ2) is 5.60. The topological polar surface area (TPSA) is 17.1 Å². The molecule has 3 aliphatic rings. The molecular weight excluding hydrogens is 308 g/mol. The van der Waals surface area contributed by atoms with Crippen LogP contribution in [0.3, 0.4) is 0 Å². The molecule has 0 aromatic heterocycles. The molecule has 0 unspecified atom stereocenters. The lowest BCUT2D eigenvalue weighted by Gasteiger charge is -2.59. The standard InChI is InChI=1S/C22H34OSi/c1-20(2)17-10-14-22(15-16-24(4,5)6)12-8-7-9-18(22)21(17,3)13-11-19(20)23/h9,17H,7-8,10-14H2,1-6H3/t17-,21-,22+/m0/s1. The predicted molar refractivity (Wildman–Crippen MR) is 104 cm³/mol. The Kier molecular flexibility index (Phi) is 4.20. The molecule has 0 amide bonds. The Balaban J connectivity index is 2.07. The van der Waals surface area contributed by atoms with Crippen molar-refractivity contribution in [3.05, 3.63) is 11.6 Å². The van der Waals surface area contributed by atoms with Gasteiger partial charge in [0.25, 0.3) is 0 Å². The van der Waals surface area contributed by atoms with Crippen LogP contribution in [-0.4, -0.2) is 13.9 Å². The first kappa shape index (κ1) is 18.0. The number of hydrogen-bond donors (Lipinski definition) is 0. The Morgan fingerprint density at radius 3 is 2.50 bits per heavy atom. The summed E-state index contributed by atoms with van der Waals surface area (Å²) in [6.45, 7) is 13.9. The van der Waals surface area contributed by atoms with Gasteiger partial charge in [-0.05, 0) is 55.4 Å². The van der Waals surface area contributed by atoms with Gasteiger partial charge in [0.05, 0.1) is 5.41 Å². The van der Waals surface area contributed by atoms with Crippen molar-refractivity contribution in [3.63, 3.8) is 0 Å². The van der Waals surface area contributed by atoms with E-state index in [0.717, 1.165) is 25.7 Å². The maximum atomic E-state index is 12.6. The molecule has 0 N–H and O–H groups in total. The molecule has 2 heteroatoms. The second-order valence-electron chi connectivity index (χ2n) is 10.2. The van der Waals surface area contributed by atoms with E-state index < -0.39 is 8.07 Å². The molecule has 0 aliphatic heterocycles. The molecule has 1 nitrogen and oxygen atoms in total. The van der Waals surface area contributed by atoms with Crippen LogP contribution in [-0.2, 0) is 4.79 Å². The van der Waals surface area contributed by atoms with Gasteiger partial charge in [-0.1, -0.05) is 52.4 Å². The molecule has 2 saturated carbocycles. The van der Waals surface area contributed by atoms with Gasteiger partial charge in [-0.3, -0.25) is 4.79 Å². The number of hydrogen-bond acceptors (Lipinski definition) is 1. The molecule has 0 aromatic rings. The Labute approximate surface area is 149 Å². The van der Waals surface area contributed by atoms with Gasteiger partial charge < -0.3 is 0 Å². The molecule has 3 atom stereocenters. The van der Waals surface area contributed by atoms with Crippen molar-refractivity contribution < 1.29 is 4.79 Å². The lowest BCUT2D eigenvalue weighted by atomic mass is 9.44. The quantitative estimate of drug-likeness (QED) is 0.310. The third-order valence-corrected chi connectivity index (χ3v) is 7.93. The highest BCUT2D eigenvalue weighted by Crippen LogP contribution is 2.65. The van der Waals surface area contributed by atoms with Gasteiger partial charge in [0.1, 0.15) is 13.9 Å². The van der Waals surface area contributed by atoms with E-state index in [-0.39, 0.29) is 16.2 Å². The summed E-state index contributed by atoms with van der Waals surface area (Å²) in [6.07, 6.45) is 10.3. The minimum Gasteiger partial charge on any atom is -0.299 e. The maximum absolute atomic E-state index is 12.6. The van der Waals surface area contributed by atoms with Gasteiger partial charge in [-0.15, -0.1) is 5.54 Å². The molecule has 0 saturated heterocycles. The van der Waals surface area contributed by atoms with E-state index in [9.17, 15) is 4.79 Å². The average molecular weight is 343 g/mol. The Hall–Kier alpha value is -0.813. The zero-order valence-electron chi connectivity index (χ0n) is 16.5. The highest BCUT2D eigenvalue weighted by molar-refractivity contribution is 6.83. The minimum absolute atomic E-state index is 0.111. The van der Waals surface area contributed by atoms with Crippen LogP contribution in [0.15, 0.2) is 11.6 Å². The van der Waals surface area contributed by atoms with Gasteiger partial charge in [0.15, 0.2) is 0 Å². The molecule has 3 aliphatic carbocycles. The molecule has 0 heterocycles. The van der Waals surface area contributed by atoms with Crippen LogP contribution in [0.25, 0.3) is 0 Å². The fourth-order valence-corrected chi connectivity index (χ4v) is 6.39. The number of carbonyl (C=O) groups is 1. The van der Waals surface area contributed by atoms with E-state index in [1.807, 2.05) is 0 Å². The van der Waals surface area contributed by atoms with Gasteiger partial charge in [-0.2, -0.15) is 0 Å². The highest BCUT2D eigenvalue weighted by Gasteiger charge is 2.59. The van der Waals surface area contributed by atoms with Gasteiger partial charge in [0.2, 0.25) is 0 Å². The summed E-state index contributed by atoms with van der Waals surface area (Å²) in [5, 5.41) is 0. The van der Waals surface area contributed by atoms with Crippen molar-refractivity contribution >= 4 is 13.9 Å². The van der Waals surface area contributed by atoms with Crippen molar-refractivity contribution in [2.45, 2.75) is 85.4 Å². The molecule has 3 rings (SSSR count). The molecule has 0 aromatic carbocycles. The fourth-order valence-electron chi connectivity index (χ4n) is 5.77. The van der Waals surface area contributed by atoms with Crippen LogP contribution >= 0.6 is 0 Å². The second-order valence-corrected chi connectivity index (χ2v) is 15.0. The number of rotatable bonds is 0. The van der Waals surface area contributed by atoms with Crippen LogP contribution < -0.4 is 0 Å². The lowest BCUT2D eigenvalue weighted by Crippen LogP contribution is -2.54. The van der Waals surface area contributed by atoms with Gasteiger partial charge >= 0.3 is 0 Å². The Bertz CT molecular complexity index is 639. The number of carbonyl (C=O) groups excluding carboxylic acids is 1. The van der Waals surface area contributed by atoms with Crippen molar-refractivity contribution in [2.75, 3.05) is 0 Å². The average Bonchev–Trinajstić information content (AvgIpc) is 2.49. The van der Waals surface area contributed by atoms with E-state index in [1.54, 1.807) is 5.57 Å². The molecular formula is C22H34OSi. The van der Waals surface area contributed by atoms with Gasteiger partial charge in [0, 0.05) is 11.8 Å². The number of allylic oxidation sites excluding steroid dienone is 2. The van der Waals surface area contributed by atoms with Crippen LogP contribution in [0.4, 0.5) is 0 Å². The summed E-state index contributed by atoms with van der Waals surface area (Å²) in [5.74, 6) is 4.79. The Morgan fingerprint density at radius 2 is 1.83 bits per heavy atom. The van der Waals surface area contributed by atoms with Crippen LogP contribution in [0.1, 0.15) is 65.7 Å². The van der Waals surface area contributed by atoms with E-state index in [1.165, 1.54) is 19.3 Å². The molecule has 0 radical (unpaired) electrons. The van der Waals surface area contributed by atoms with Crippen LogP contribution in [0.5, 0.6) is 0 Å². The zero-order chi connectivity index (χ0) is 17.8. The smallest absolute Gasteiger partial charge is 0.138 e. The maximum Gasteiger partial charge on any atom is 0.138 e. The normalized spacial score (nSPS) is 38.3. The third kappa shape index (κ3) is 2.73. The molecule has 2 fully saturated rings. The monoisotopic (exact) mass is 342 g/mol.